The lowest BCUT2D eigenvalue weighted by Gasteiger charge is -2.10. The highest BCUT2D eigenvalue weighted by Gasteiger charge is 2.10. The summed E-state index contributed by atoms with van der Waals surface area (Å²) >= 11 is 3.19. The molecule has 0 saturated heterocycles. The largest absolute Gasteiger partial charge is 0.352 e. The van der Waals surface area contributed by atoms with E-state index in [4.69, 9.17) is 5.73 Å². The zero-order valence-electron chi connectivity index (χ0n) is 9.37. The van der Waals surface area contributed by atoms with E-state index in [1.807, 2.05) is 0 Å². The van der Waals surface area contributed by atoms with Crippen LogP contribution in [0.25, 0.3) is 0 Å². The van der Waals surface area contributed by atoms with Crippen molar-refractivity contribution in [1.82, 2.24) is 5.32 Å². The zero-order valence-corrected chi connectivity index (χ0v) is 11.8. The molecular weight excluding hydrogens is 310 g/mol. The van der Waals surface area contributed by atoms with Crippen LogP contribution in [0, 0.1) is 11.7 Å². The average molecular weight is 326 g/mol. The van der Waals surface area contributed by atoms with Crippen molar-refractivity contribution >= 4 is 34.2 Å². The first-order chi connectivity index (χ1) is 7.52. The van der Waals surface area contributed by atoms with Gasteiger partial charge in [-0.2, -0.15) is 0 Å². The molecule has 0 bridgehead atoms. The van der Waals surface area contributed by atoms with Gasteiger partial charge in [-0.1, -0.05) is 22.9 Å². The topological polar surface area (TPSA) is 55.1 Å². The Morgan fingerprint density at radius 2 is 2.18 bits per heavy atom. The van der Waals surface area contributed by atoms with Crippen molar-refractivity contribution in [2.45, 2.75) is 13.5 Å². The number of carbonyl (C=O) groups excluding carboxylic acids is 1. The van der Waals surface area contributed by atoms with Crippen molar-refractivity contribution in [1.29, 1.82) is 0 Å². The Kier molecular flexibility index (Phi) is 7.34. The average Bonchev–Trinajstić information content (AvgIpc) is 2.23. The minimum atomic E-state index is -0.328. The second-order valence-electron chi connectivity index (χ2n) is 3.63. The van der Waals surface area contributed by atoms with Gasteiger partial charge in [-0.15, -0.1) is 12.4 Å². The van der Waals surface area contributed by atoms with E-state index >= 15 is 0 Å². The number of carbonyl (C=O) groups is 1. The predicted molar refractivity (Wildman–Crippen MR) is 71.4 cm³/mol. The van der Waals surface area contributed by atoms with Gasteiger partial charge in [0.15, 0.2) is 0 Å². The van der Waals surface area contributed by atoms with Crippen LogP contribution in [0.2, 0.25) is 0 Å². The molecule has 3 N–H and O–H groups in total. The van der Waals surface area contributed by atoms with Gasteiger partial charge in [0.2, 0.25) is 5.91 Å². The number of hydrogen-bond donors (Lipinski definition) is 2. The molecule has 0 fully saturated rings. The van der Waals surface area contributed by atoms with Crippen molar-refractivity contribution in [2.24, 2.45) is 11.7 Å². The molecule has 17 heavy (non-hydrogen) atoms. The number of benzene rings is 1. The third-order valence-corrected chi connectivity index (χ3v) is 2.65. The van der Waals surface area contributed by atoms with E-state index in [1.54, 1.807) is 13.0 Å². The molecule has 0 spiro atoms. The molecule has 0 heterocycles. The maximum Gasteiger partial charge on any atom is 0.224 e. The van der Waals surface area contributed by atoms with Crippen LogP contribution in [0.3, 0.4) is 0 Å². The van der Waals surface area contributed by atoms with Crippen LogP contribution < -0.4 is 11.1 Å². The summed E-state index contributed by atoms with van der Waals surface area (Å²) in [5.41, 5.74) is 6.07. The van der Waals surface area contributed by atoms with Gasteiger partial charge in [-0.25, -0.2) is 4.39 Å². The predicted octanol–water partition coefficient (Wildman–Crippen LogP) is 2.22. The van der Waals surface area contributed by atoms with E-state index in [-0.39, 0.29) is 30.0 Å². The summed E-state index contributed by atoms with van der Waals surface area (Å²) in [5.74, 6) is -0.676. The van der Waals surface area contributed by atoms with Gasteiger partial charge in [-0.3, -0.25) is 4.79 Å². The molecule has 96 valence electrons. The van der Waals surface area contributed by atoms with Crippen LogP contribution in [0.1, 0.15) is 12.5 Å². The molecule has 1 unspecified atom stereocenters. The molecule has 6 heteroatoms. The van der Waals surface area contributed by atoms with E-state index in [9.17, 15) is 9.18 Å². The molecule has 3 nitrogen and oxygen atoms in total. The van der Waals surface area contributed by atoms with Gasteiger partial charge in [0.1, 0.15) is 5.82 Å². The highest BCUT2D eigenvalue weighted by Crippen LogP contribution is 2.14. The highest BCUT2D eigenvalue weighted by atomic mass is 79.9. The smallest absolute Gasteiger partial charge is 0.224 e. The first-order valence-electron chi connectivity index (χ1n) is 4.95. The summed E-state index contributed by atoms with van der Waals surface area (Å²) in [7, 11) is 0. The minimum Gasteiger partial charge on any atom is -0.352 e. The van der Waals surface area contributed by atoms with Crippen molar-refractivity contribution in [3.05, 3.63) is 34.1 Å². The monoisotopic (exact) mass is 324 g/mol. The van der Waals surface area contributed by atoms with E-state index in [2.05, 4.69) is 21.2 Å². The van der Waals surface area contributed by atoms with Crippen LogP contribution >= 0.6 is 28.3 Å². The fourth-order valence-corrected chi connectivity index (χ4v) is 1.70. The first-order valence-corrected chi connectivity index (χ1v) is 5.75. The maximum absolute atomic E-state index is 13.0. The SMILES string of the molecule is CC(CN)C(=O)NCc1cc(F)cc(Br)c1.Cl. The van der Waals surface area contributed by atoms with Gasteiger partial charge < -0.3 is 11.1 Å². The normalized spacial score (nSPS) is 11.5. The van der Waals surface area contributed by atoms with Crippen LogP contribution in [0.15, 0.2) is 22.7 Å². The lowest BCUT2D eigenvalue weighted by atomic mass is 10.1. The van der Waals surface area contributed by atoms with Crippen molar-refractivity contribution in [3.8, 4) is 0 Å². The lowest BCUT2D eigenvalue weighted by Crippen LogP contribution is -2.32. The van der Waals surface area contributed by atoms with Gasteiger partial charge in [0.25, 0.3) is 0 Å². The molecule has 0 aliphatic rings. The van der Waals surface area contributed by atoms with Crippen LogP contribution in [-0.4, -0.2) is 12.5 Å². The van der Waals surface area contributed by atoms with E-state index in [0.717, 1.165) is 0 Å². The highest BCUT2D eigenvalue weighted by molar-refractivity contribution is 9.10. The molecule has 1 atom stereocenters. The number of nitrogens with two attached hydrogens (primary N) is 1. The molecule has 1 rings (SSSR count). The summed E-state index contributed by atoms with van der Waals surface area (Å²) in [6.07, 6.45) is 0. The Morgan fingerprint density at radius 3 is 2.71 bits per heavy atom. The minimum absolute atomic E-state index is 0. The second kappa shape index (κ2) is 7.63. The Morgan fingerprint density at radius 1 is 1.53 bits per heavy atom. The van der Waals surface area contributed by atoms with Crippen LogP contribution in [0.4, 0.5) is 4.39 Å². The maximum atomic E-state index is 13.0. The van der Waals surface area contributed by atoms with E-state index < -0.39 is 0 Å². The summed E-state index contributed by atoms with van der Waals surface area (Å²) in [6.45, 7) is 2.36. The molecule has 0 radical (unpaired) electrons. The second-order valence-corrected chi connectivity index (χ2v) is 4.55. The van der Waals surface area contributed by atoms with Gasteiger partial charge in [0, 0.05) is 23.5 Å². The van der Waals surface area contributed by atoms with E-state index in [1.165, 1.54) is 12.1 Å². The van der Waals surface area contributed by atoms with Crippen molar-refractivity contribution < 1.29 is 9.18 Å². The number of rotatable bonds is 4. The number of amides is 1. The molecule has 1 aromatic carbocycles. The van der Waals surface area contributed by atoms with Gasteiger partial charge in [-0.05, 0) is 23.8 Å². The summed E-state index contributed by atoms with van der Waals surface area (Å²) < 4.78 is 13.7. The summed E-state index contributed by atoms with van der Waals surface area (Å²) in [4.78, 5) is 11.4. The Hall–Kier alpha value is -0.650. The molecule has 0 aliphatic carbocycles. The molecule has 0 aliphatic heterocycles. The Bertz CT molecular complexity index is 369. The number of nitrogens with one attached hydrogen (secondary N) is 1. The van der Waals surface area contributed by atoms with Crippen molar-refractivity contribution in [3.63, 3.8) is 0 Å². The third-order valence-electron chi connectivity index (χ3n) is 2.19. The molecule has 1 aromatic rings. The van der Waals surface area contributed by atoms with Gasteiger partial charge in [0.05, 0.1) is 0 Å². The van der Waals surface area contributed by atoms with Crippen LogP contribution in [0.5, 0.6) is 0 Å². The quantitative estimate of drug-likeness (QED) is 0.892. The van der Waals surface area contributed by atoms with Crippen molar-refractivity contribution in [2.75, 3.05) is 6.54 Å². The molecule has 1 amide bonds. The number of halogens is 3. The molecule has 0 saturated carbocycles. The fourth-order valence-electron chi connectivity index (χ4n) is 1.18. The standard InChI is InChI=1S/C11H14BrFN2O.ClH/c1-7(5-14)11(16)15-6-8-2-9(12)4-10(13)3-8;/h2-4,7H,5-6,14H2,1H3,(H,15,16);1H. The third kappa shape index (κ3) is 5.48. The molecular formula is C11H15BrClFN2O. The fraction of sp³-hybridized carbons (Fsp3) is 0.364. The van der Waals surface area contributed by atoms with Crippen LogP contribution in [-0.2, 0) is 11.3 Å². The lowest BCUT2D eigenvalue weighted by molar-refractivity contribution is -0.124. The summed E-state index contributed by atoms with van der Waals surface area (Å²) in [6, 6.07) is 4.52. The number of hydrogen-bond acceptors (Lipinski definition) is 2. The first kappa shape index (κ1) is 16.4. The zero-order chi connectivity index (χ0) is 12.1. The Balaban J connectivity index is 0.00000256. The van der Waals surface area contributed by atoms with Gasteiger partial charge >= 0.3 is 0 Å². The van der Waals surface area contributed by atoms with E-state index in [0.29, 0.717) is 23.1 Å². The Labute approximate surface area is 114 Å². The summed E-state index contributed by atoms with van der Waals surface area (Å²) in [5, 5.41) is 2.70. The molecule has 0 aromatic heterocycles.